The summed E-state index contributed by atoms with van der Waals surface area (Å²) in [4.78, 5) is 1.47. The van der Waals surface area contributed by atoms with Crippen molar-refractivity contribution in [1.82, 2.24) is 0 Å². The van der Waals surface area contributed by atoms with Gasteiger partial charge >= 0.3 is 0 Å². The smallest absolute Gasteiger partial charge is 0.128 e. The summed E-state index contributed by atoms with van der Waals surface area (Å²) >= 11 is 1.98. The van der Waals surface area contributed by atoms with E-state index >= 15 is 0 Å². The quantitative estimate of drug-likeness (QED) is 0.805. The number of fused-ring (bicyclic) bond motifs is 1. The first-order valence-electron chi connectivity index (χ1n) is 6.74. The second kappa shape index (κ2) is 4.26. The predicted octanol–water partition coefficient (Wildman–Crippen LogP) is 3.29. The van der Waals surface area contributed by atoms with E-state index < -0.39 is 6.23 Å². The van der Waals surface area contributed by atoms with Crippen LogP contribution in [0.25, 0.3) is 0 Å². The molecule has 3 N–H and O–H groups in total. The van der Waals surface area contributed by atoms with Crippen LogP contribution >= 0.6 is 11.8 Å². The highest BCUT2D eigenvalue weighted by Gasteiger charge is 2.34. The highest BCUT2D eigenvalue weighted by atomic mass is 32.2. The van der Waals surface area contributed by atoms with Crippen LogP contribution in [-0.2, 0) is 5.41 Å². The Morgan fingerprint density at radius 3 is 2.72 bits per heavy atom. The second-order valence-electron chi connectivity index (χ2n) is 6.19. The van der Waals surface area contributed by atoms with Gasteiger partial charge in [-0.25, -0.2) is 0 Å². The first-order valence-corrected chi connectivity index (χ1v) is 7.72. The van der Waals surface area contributed by atoms with E-state index in [9.17, 15) is 5.11 Å². The molecule has 0 amide bonds. The fraction of sp³-hybridized carbons (Fsp3) is 0.600. The van der Waals surface area contributed by atoms with Crippen LogP contribution in [0.2, 0.25) is 0 Å². The number of hydrogen-bond acceptors (Lipinski definition) is 3. The van der Waals surface area contributed by atoms with Crippen LogP contribution < -0.4 is 5.73 Å². The molecule has 1 heterocycles. The van der Waals surface area contributed by atoms with Crippen molar-refractivity contribution in [3.05, 3.63) is 28.8 Å². The van der Waals surface area contributed by atoms with Crippen LogP contribution in [-0.4, -0.2) is 10.9 Å². The topological polar surface area (TPSA) is 46.2 Å². The van der Waals surface area contributed by atoms with E-state index in [1.807, 2.05) is 11.8 Å². The van der Waals surface area contributed by atoms with E-state index in [2.05, 4.69) is 26.0 Å². The van der Waals surface area contributed by atoms with Crippen LogP contribution in [0.4, 0.5) is 0 Å². The van der Waals surface area contributed by atoms with Crippen LogP contribution in [0.3, 0.4) is 0 Å². The molecule has 1 aromatic carbocycles. The Morgan fingerprint density at radius 1 is 1.39 bits per heavy atom. The van der Waals surface area contributed by atoms with Crippen LogP contribution in [0.5, 0.6) is 0 Å². The molecule has 0 saturated heterocycles. The summed E-state index contributed by atoms with van der Waals surface area (Å²) in [5, 5.41) is 9.69. The molecule has 98 valence electrons. The van der Waals surface area contributed by atoms with Gasteiger partial charge in [0.15, 0.2) is 0 Å². The Morgan fingerprint density at radius 2 is 2.11 bits per heavy atom. The van der Waals surface area contributed by atoms with Gasteiger partial charge in [-0.2, -0.15) is 0 Å². The van der Waals surface area contributed by atoms with Crippen molar-refractivity contribution in [2.45, 2.75) is 55.6 Å². The first-order chi connectivity index (χ1) is 8.49. The molecule has 0 spiro atoms. The van der Waals surface area contributed by atoms with E-state index in [1.165, 1.54) is 41.0 Å². The molecule has 0 radical (unpaired) electrons. The highest BCUT2D eigenvalue weighted by molar-refractivity contribution is 7.99. The zero-order valence-electron chi connectivity index (χ0n) is 11.1. The van der Waals surface area contributed by atoms with E-state index in [0.29, 0.717) is 5.92 Å². The van der Waals surface area contributed by atoms with Gasteiger partial charge in [0.1, 0.15) is 6.23 Å². The van der Waals surface area contributed by atoms with Gasteiger partial charge in [-0.3, -0.25) is 0 Å². The maximum absolute atomic E-state index is 9.69. The molecule has 0 bridgehead atoms. The van der Waals surface area contributed by atoms with Gasteiger partial charge in [-0.05, 0) is 53.0 Å². The summed E-state index contributed by atoms with van der Waals surface area (Å²) in [6, 6.07) is 4.26. The number of nitrogens with two attached hydrogens (primary N) is 1. The lowest BCUT2D eigenvalue weighted by Crippen LogP contribution is -2.24. The summed E-state index contributed by atoms with van der Waals surface area (Å²) in [5.74, 6) is 1.91. The molecule has 1 aliphatic carbocycles. The molecule has 0 aromatic heterocycles. The lowest BCUT2D eigenvalue weighted by Gasteiger charge is -2.34. The van der Waals surface area contributed by atoms with E-state index in [4.69, 9.17) is 5.73 Å². The van der Waals surface area contributed by atoms with Crippen molar-refractivity contribution >= 4 is 11.8 Å². The molecule has 1 aliphatic heterocycles. The minimum absolute atomic E-state index is 0.203. The molecule has 1 saturated carbocycles. The van der Waals surface area contributed by atoms with Gasteiger partial charge in [-0.15, -0.1) is 11.8 Å². The number of thioether (sulfide) groups is 1. The average molecular weight is 263 g/mol. The summed E-state index contributed by atoms with van der Waals surface area (Å²) in [6.45, 7) is 4.60. The predicted molar refractivity (Wildman–Crippen MR) is 75.9 cm³/mol. The number of rotatable bonds is 2. The second-order valence-corrected chi connectivity index (χ2v) is 7.29. The lowest BCUT2D eigenvalue weighted by molar-refractivity contribution is 0.186. The van der Waals surface area contributed by atoms with Crippen molar-refractivity contribution in [3.8, 4) is 0 Å². The maximum atomic E-state index is 9.69. The molecular weight excluding hydrogens is 242 g/mol. The van der Waals surface area contributed by atoms with Gasteiger partial charge in [0, 0.05) is 4.90 Å². The minimum atomic E-state index is -0.851. The zero-order valence-corrected chi connectivity index (χ0v) is 11.9. The third-order valence-electron chi connectivity index (χ3n) is 4.20. The number of aliphatic hydroxyl groups is 1. The third-order valence-corrected chi connectivity index (χ3v) is 5.35. The molecule has 1 fully saturated rings. The summed E-state index contributed by atoms with van der Waals surface area (Å²) < 4.78 is 0. The number of aliphatic hydroxyl groups excluding tert-OH is 1. The third kappa shape index (κ3) is 2.09. The standard InChI is InChI=1S/C15H21NOS/c1-15(2)5-6-18-13-11(9-3-4-9)7-10(14(16)17)8-12(13)15/h7-9,14,17H,3-6,16H2,1-2H3. The van der Waals surface area contributed by atoms with Gasteiger partial charge in [-0.1, -0.05) is 26.0 Å². The van der Waals surface area contributed by atoms with Crippen molar-refractivity contribution in [3.63, 3.8) is 0 Å². The van der Waals surface area contributed by atoms with Crippen molar-refractivity contribution in [2.24, 2.45) is 5.73 Å². The van der Waals surface area contributed by atoms with Gasteiger partial charge in [0.05, 0.1) is 0 Å². The zero-order chi connectivity index (χ0) is 12.9. The summed E-state index contributed by atoms with van der Waals surface area (Å²) in [7, 11) is 0. The van der Waals surface area contributed by atoms with Gasteiger partial charge < -0.3 is 10.8 Å². The summed E-state index contributed by atoms with van der Waals surface area (Å²) in [6.07, 6.45) is 2.92. The SMILES string of the molecule is CC1(C)CCSc2c(C3CC3)cc(C(N)O)cc21. The molecule has 2 aliphatic rings. The van der Waals surface area contributed by atoms with Crippen LogP contribution in [0, 0.1) is 0 Å². The van der Waals surface area contributed by atoms with Crippen LogP contribution in [0.1, 0.15) is 61.9 Å². The Kier molecular flexibility index (Phi) is 2.96. The average Bonchev–Trinajstić information content (AvgIpc) is 3.11. The maximum Gasteiger partial charge on any atom is 0.128 e. The van der Waals surface area contributed by atoms with E-state index in [0.717, 1.165) is 5.56 Å². The number of benzene rings is 1. The first kappa shape index (κ1) is 12.5. The summed E-state index contributed by atoms with van der Waals surface area (Å²) in [5.41, 5.74) is 9.58. The monoisotopic (exact) mass is 263 g/mol. The normalized spacial score (nSPS) is 23.6. The van der Waals surface area contributed by atoms with Crippen LogP contribution in [0.15, 0.2) is 17.0 Å². The Labute approximate surface area is 113 Å². The number of hydrogen-bond donors (Lipinski definition) is 2. The largest absolute Gasteiger partial charge is 0.375 e. The van der Waals surface area contributed by atoms with Crippen molar-refractivity contribution < 1.29 is 5.11 Å². The minimum Gasteiger partial charge on any atom is -0.375 e. The van der Waals surface area contributed by atoms with Crippen molar-refractivity contribution in [1.29, 1.82) is 0 Å². The Bertz CT molecular complexity index is 478. The fourth-order valence-electron chi connectivity index (χ4n) is 2.75. The molecule has 3 heteroatoms. The highest BCUT2D eigenvalue weighted by Crippen LogP contribution is 2.51. The Hall–Kier alpha value is -0.510. The molecule has 1 atom stereocenters. The van der Waals surface area contributed by atoms with Gasteiger partial charge in [0.2, 0.25) is 0 Å². The van der Waals surface area contributed by atoms with E-state index in [1.54, 1.807) is 0 Å². The molecule has 1 unspecified atom stereocenters. The molecule has 18 heavy (non-hydrogen) atoms. The Balaban J connectivity index is 2.17. The molecule has 1 aromatic rings. The van der Waals surface area contributed by atoms with E-state index in [-0.39, 0.29) is 5.41 Å². The molecule has 2 nitrogen and oxygen atoms in total. The molecule has 3 rings (SSSR count). The fourth-order valence-corrected chi connectivity index (χ4v) is 4.45. The lowest BCUT2D eigenvalue weighted by atomic mass is 9.79. The van der Waals surface area contributed by atoms with Gasteiger partial charge in [0.25, 0.3) is 0 Å². The molecular formula is C15H21NOS. The van der Waals surface area contributed by atoms with Crippen molar-refractivity contribution in [2.75, 3.05) is 5.75 Å².